The van der Waals surface area contributed by atoms with Crippen LogP contribution in [0, 0.1) is 5.82 Å². The summed E-state index contributed by atoms with van der Waals surface area (Å²) in [7, 11) is 0. The lowest BCUT2D eigenvalue weighted by Crippen LogP contribution is -2.43. The molecule has 1 unspecified atom stereocenters. The summed E-state index contributed by atoms with van der Waals surface area (Å²) in [4.78, 5) is 41.8. The quantitative estimate of drug-likeness (QED) is 0.820. The number of nitrogens with one attached hydrogen (secondary N) is 1. The molecule has 1 aliphatic heterocycles. The molecule has 8 heteroatoms. The van der Waals surface area contributed by atoms with E-state index >= 15 is 0 Å². The number of fused-ring (bicyclic) bond motifs is 1. The number of rotatable bonds is 5. The molecule has 150 valence electrons. The number of benzene rings is 1. The first-order valence-electron chi connectivity index (χ1n) is 9.37. The highest BCUT2D eigenvalue weighted by Gasteiger charge is 2.27. The van der Waals surface area contributed by atoms with E-state index in [1.807, 2.05) is 0 Å². The monoisotopic (exact) mass is 389 g/mol. The Morgan fingerprint density at radius 1 is 1.29 bits per heavy atom. The van der Waals surface area contributed by atoms with Gasteiger partial charge in [0.25, 0.3) is 0 Å². The van der Waals surface area contributed by atoms with Gasteiger partial charge in [0.05, 0.1) is 6.42 Å². The Morgan fingerprint density at radius 2 is 2.07 bits per heavy atom. The van der Waals surface area contributed by atoms with E-state index in [2.05, 4.69) is 4.98 Å². The summed E-state index contributed by atoms with van der Waals surface area (Å²) in [5.74, 6) is -1.66. The number of halogens is 1. The van der Waals surface area contributed by atoms with Crippen molar-refractivity contribution in [2.75, 3.05) is 19.6 Å². The molecule has 1 aromatic carbocycles. The maximum absolute atomic E-state index is 13.3. The summed E-state index contributed by atoms with van der Waals surface area (Å²) in [5, 5.41) is 9.86. The number of carboxylic acid groups (broad SMARTS) is 1. The lowest BCUT2D eigenvalue weighted by molar-refractivity contribution is -0.145. The number of likely N-dealkylation sites (tertiary alicyclic amines) is 1. The molecule has 0 aliphatic carbocycles. The van der Waals surface area contributed by atoms with Gasteiger partial charge in [0.15, 0.2) is 0 Å². The number of carboxylic acids is 1. The molecule has 7 nitrogen and oxygen atoms in total. The van der Waals surface area contributed by atoms with E-state index in [-0.39, 0.29) is 36.6 Å². The number of H-pyrrole nitrogens is 1. The fourth-order valence-corrected chi connectivity index (χ4v) is 3.86. The van der Waals surface area contributed by atoms with Gasteiger partial charge in [-0.1, -0.05) is 0 Å². The summed E-state index contributed by atoms with van der Waals surface area (Å²) >= 11 is 0. The molecule has 0 radical (unpaired) electrons. The van der Waals surface area contributed by atoms with E-state index < -0.39 is 5.97 Å². The van der Waals surface area contributed by atoms with Crippen LogP contribution in [0.15, 0.2) is 24.4 Å². The minimum absolute atomic E-state index is 0.0292. The van der Waals surface area contributed by atoms with Gasteiger partial charge in [0.1, 0.15) is 12.4 Å². The Hall–Kier alpha value is -2.90. The largest absolute Gasteiger partial charge is 0.480 e. The Bertz CT molecular complexity index is 895. The maximum Gasteiger partial charge on any atom is 0.323 e. The fraction of sp³-hybridized carbons (Fsp3) is 0.450. The predicted molar refractivity (Wildman–Crippen MR) is 101 cm³/mol. The second-order valence-electron chi connectivity index (χ2n) is 7.19. The predicted octanol–water partition coefficient (Wildman–Crippen LogP) is 2.16. The normalized spacial score (nSPS) is 17.4. The third-order valence-corrected chi connectivity index (χ3v) is 5.27. The average Bonchev–Trinajstić information content (AvgIpc) is 2.86. The summed E-state index contributed by atoms with van der Waals surface area (Å²) in [6.45, 7) is 2.10. The van der Waals surface area contributed by atoms with Crippen LogP contribution in [0.3, 0.4) is 0 Å². The Kier molecular flexibility index (Phi) is 5.96. The first kappa shape index (κ1) is 19.9. The molecule has 1 fully saturated rings. The Morgan fingerprint density at radius 3 is 2.79 bits per heavy atom. The van der Waals surface area contributed by atoms with Gasteiger partial charge in [-0.15, -0.1) is 0 Å². The van der Waals surface area contributed by atoms with Crippen LogP contribution in [0.4, 0.5) is 4.39 Å². The molecule has 0 spiro atoms. The lowest BCUT2D eigenvalue weighted by Gasteiger charge is -2.28. The van der Waals surface area contributed by atoms with Crippen molar-refractivity contribution in [2.24, 2.45) is 0 Å². The van der Waals surface area contributed by atoms with Gasteiger partial charge >= 0.3 is 5.97 Å². The molecule has 2 N–H and O–H groups in total. The van der Waals surface area contributed by atoms with Crippen LogP contribution in [0.5, 0.6) is 0 Å². The van der Waals surface area contributed by atoms with Crippen LogP contribution in [0.2, 0.25) is 0 Å². The van der Waals surface area contributed by atoms with Crippen molar-refractivity contribution in [2.45, 2.75) is 38.6 Å². The van der Waals surface area contributed by atoms with E-state index in [0.29, 0.717) is 37.9 Å². The van der Waals surface area contributed by atoms with E-state index in [0.717, 1.165) is 10.9 Å². The van der Waals surface area contributed by atoms with Crippen LogP contribution < -0.4 is 0 Å². The highest BCUT2D eigenvalue weighted by Crippen LogP contribution is 2.22. The van der Waals surface area contributed by atoms with Gasteiger partial charge in [-0.3, -0.25) is 14.4 Å². The fourth-order valence-electron chi connectivity index (χ4n) is 3.86. The standard InChI is InChI=1S/C20H24FN3O4/c1-13(25)24(12-20(27)28)16-3-2-7-23(8-6-16)19(26)9-14-11-22-18-10-15(21)4-5-17(14)18/h4-5,10-11,16,22H,2-3,6-9,12H2,1H3,(H,27,28). The maximum atomic E-state index is 13.3. The molecule has 0 saturated carbocycles. The molecule has 2 heterocycles. The van der Waals surface area contributed by atoms with Gasteiger partial charge in [-0.05, 0) is 43.0 Å². The van der Waals surface area contributed by atoms with E-state index in [1.165, 1.54) is 24.0 Å². The number of amides is 2. The summed E-state index contributed by atoms with van der Waals surface area (Å²) in [6, 6.07) is 4.26. The summed E-state index contributed by atoms with van der Waals surface area (Å²) < 4.78 is 13.3. The van der Waals surface area contributed by atoms with Crippen LogP contribution in [-0.2, 0) is 20.8 Å². The Labute approximate surface area is 162 Å². The van der Waals surface area contributed by atoms with Gasteiger partial charge in [0, 0.05) is 43.2 Å². The SMILES string of the molecule is CC(=O)N(CC(=O)O)C1CCCN(C(=O)Cc2c[nH]c3cc(F)ccc23)CC1. The van der Waals surface area contributed by atoms with Crippen LogP contribution in [0.25, 0.3) is 10.9 Å². The molecule has 1 aliphatic rings. The summed E-state index contributed by atoms with van der Waals surface area (Å²) in [5.41, 5.74) is 1.47. The van der Waals surface area contributed by atoms with Gasteiger partial charge < -0.3 is 19.9 Å². The van der Waals surface area contributed by atoms with E-state index in [4.69, 9.17) is 5.11 Å². The molecule has 2 aromatic rings. The average molecular weight is 389 g/mol. The summed E-state index contributed by atoms with van der Waals surface area (Å²) in [6.07, 6.45) is 3.87. The number of aliphatic carboxylic acids is 1. The number of hydrogen-bond acceptors (Lipinski definition) is 3. The van der Waals surface area contributed by atoms with Crippen molar-refractivity contribution in [1.82, 2.24) is 14.8 Å². The van der Waals surface area contributed by atoms with Crippen molar-refractivity contribution >= 4 is 28.7 Å². The molecular weight excluding hydrogens is 365 g/mol. The third-order valence-electron chi connectivity index (χ3n) is 5.27. The molecule has 0 bridgehead atoms. The number of aromatic amines is 1. The zero-order chi connectivity index (χ0) is 20.3. The van der Waals surface area contributed by atoms with Gasteiger partial charge in [0.2, 0.25) is 11.8 Å². The molecule has 28 heavy (non-hydrogen) atoms. The topological polar surface area (TPSA) is 93.7 Å². The minimum atomic E-state index is -1.04. The first-order valence-corrected chi connectivity index (χ1v) is 9.37. The number of hydrogen-bond donors (Lipinski definition) is 2. The molecular formula is C20H24FN3O4. The van der Waals surface area contributed by atoms with Crippen molar-refractivity contribution in [3.63, 3.8) is 0 Å². The molecule has 3 rings (SSSR count). The minimum Gasteiger partial charge on any atom is -0.480 e. The van der Waals surface area contributed by atoms with Crippen molar-refractivity contribution in [3.05, 3.63) is 35.8 Å². The number of nitrogens with zero attached hydrogens (tertiary/aromatic N) is 2. The third kappa shape index (κ3) is 4.49. The van der Waals surface area contributed by atoms with Crippen LogP contribution >= 0.6 is 0 Å². The zero-order valence-corrected chi connectivity index (χ0v) is 15.8. The smallest absolute Gasteiger partial charge is 0.323 e. The second-order valence-corrected chi connectivity index (χ2v) is 7.19. The van der Waals surface area contributed by atoms with Crippen LogP contribution in [-0.4, -0.2) is 63.4 Å². The first-order chi connectivity index (χ1) is 13.3. The Balaban J connectivity index is 1.65. The van der Waals surface area contributed by atoms with Crippen molar-refractivity contribution in [1.29, 1.82) is 0 Å². The van der Waals surface area contributed by atoms with Crippen LogP contribution in [0.1, 0.15) is 31.7 Å². The molecule has 1 aromatic heterocycles. The number of aromatic nitrogens is 1. The highest BCUT2D eigenvalue weighted by atomic mass is 19.1. The molecule has 1 saturated heterocycles. The van der Waals surface area contributed by atoms with Gasteiger partial charge in [-0.25, -0.2) is 4.39 Å². The highest BCUT2D eigenvalue weighted by molar-refractivity contribution is 5.89. The number of carbonyl (C=O) groups is 3. The van der Waals surface area contributed by atoms with Gasteiger partial charge in [-0.2, -0.15) is 0 Å². The van der Waals surface area contributed by atoms with E-state index in [1.54, 1.807) is 17.2 Å². The molecule has 1 atom stereocenters. The zero-order valence-electron chi connectivity index (χ0n) is 15.8. The van der Waals surface area contributed by atoms with Crippen molar-refractivity contribution in [3.8, 4) is 0 Å². The lowest BCUT2D eigenvalue weighted by atomic mass is 10.1. The second kappa shape index (κ2) is 8.41. The van der Waals surface area contributed by atoms with Crippen molar-refractivity contribution < 1.29 is 23.9 Å². The molecule has 2 amide bonds. The number of carbonyl (C=O) groups excluding carboxylic acids is 2. The van der Waals surface area contributed by atoms with E-state index in [9.17, 15) is 18.8 Å².